The Labute approximate surface area is 605 Å². The summed E-state index contributed by atoms with van der Waals surface area (Å²) in [6.45, 7) is 11.2. The first-order chi connectivity index (χ1) is 50.5. The molecule has 0 amide bonds. The molecule has 6 aliphatic carbocycles. The lowest BCUT2D eigenvalue weighted by atomic mass is 9.65. The second-order valence-corrected chi connectivity index (χ2v) is 28.6. The van der Waals surface area contributed by atoms with Gasteiger partial charge in [0.25, 0.3) is 0 Å². The number of nitrogens with zero attached hydrogens (tertiary/aromatic N) is 4. The van der Waals surface area contributed by atoms with Crippen molar-refractivity contribution >= 4 is 57.2 Å². The molecule has 0 atom stereocenters. The van der Waals surface area contributed by atoms with Gasteiger partial charge in [0, 0.05) is 53.0 Å². The molecule has 6 aliphatic rings. The lowest BCUT2D eigenvalue weighted by Crippen LogP contribution is -2.30. The van der Waals surface area contributed by atoms with Crippen LogP contribution >= 0.6 is 0 Å². The predicted molar refractivity (Wildman–Crippen MR) is 427 cm³/mol. The minimum Gasteiger partial charge on any atom is -0.340 e. The maximum absolute atomic E-state index is 4.47. The van der Waals surface area contributed by atoms with Crippen molar-refractivity contribution in [3.05, 3.63) is 407 Å². The Morgan fingerprint density at radius 1 is 0.301 bits per heavy atom. The van der Waals surface area contributed by atoms with Crippen molar-refractivity contribution in [2.24, 2.45) is 0 Å². The molecule has 4 aromatic heterocycles. The number of nitrogens with one attached hydrogen (secondary N) is 4. The van der Waals surface area contributed by atoms with Crippen LogP contribution in [0.4, 0.5) is 46.0 Å². The normalized spacial score (nSPS) is 15.0. The highest BCUT2D eigenvalue weighted by Crippen LogP contribution is 2.64. The van der Waals surface area contributed by atoms with Crippen LogP contribution in [0.3, 0.4) is 0 Å². The molecule has 13 aromatic rings. The first-order valence-corrected chi connectivity index (χ1v) is 35.9. The molecule has 4 N–H and O–H groups in total. The fourth-order valence-corrected chi connectivity index (χ4v) is 16.5. The van der Waals surface area contributed by atoms with Crippen LogP contribution in [0.25, 0.3) is 33.4 Å². The minimum absolute atomic E-state index is 0.0354. The van der Waals surface area contributed by atoms with E-state index >= 15 is 0 Å². The molecule has 8 heteroatoms. The number of rotatable bonds is 10. The zero-order valence-electron chi connectivity index (χ0n) is 58.9. The first kappa shape index (κ1) is 65.4. The number of hydrogen-bond donors (Lipinski definition) is 4. The average molecular weight is 1340 g/mol. The van der Waals surface area contributed by atoms with Gasteiger partial charge in [0.2, 0.25) is 0 Å². The number of fused-ring (bicyclic) bond motifs is 14. The zero-order chi connectivity index (χ0) is 70.0. The van der Waals surface area contributed by atoms with Crippen LogP contribution in [0.2, 0.25) is 0 Å². The highest BCUT2D eigenvalue weighted by Gasteiger charge is 2.53. The third kappa shape index (κ3) is 12.2. The van der Waals surface area contributed by atoms with Crippen molar-refractivity contribution in [2.75, 3.05) is 21.3 Å². The zero-order valence-corrected chi connectivity index (χ0v) is 58.9. The molecule has 103 heavy (non-hydrogen) atoms. The van der Waals surface area contributed by atoms with Gasteiger partial charge in [-0.3, -0.25) is 0 Å². The van der Waals surface area contributed by atoms with Gasteiger partial charge in [-0.1, -0.05) is 247 Å². The van der Waals surface area contributed by atoms with Gasteiger partial charge in [0.05, 0.1) is 10.8 Å². The van der Waals surface area contributed by atoms with Crippen LogP contribution in [0.15, 0.2) is 345 Å². The maximum Gasteiger partial charge on any atom is 0.130 e. The number of anilines is 8. The molecule has 0 radical (unpaired) electrons. The molecule has 0 unspecified atom stereocenters. The van der Waals surface area contributed by atoms with Crippen molar-refractivity contribution < 1.29 is 0 Å². The number of pyridine rings is 4. The lowest BCUT2D eigenvalue weighted by molar-refractivity contribution is 0.590. The maximum atomic E-state index is 4.47. The van der Waals surface area contributed by atoms with E-state index in [2.05, 4.69) is 312 Å². The van der Waals surface area contributed by atoms with E-state index in [9.17, 15) is 0 Å². The molecular formula is C95H82N8. The molecule has 8 nitrogen and oxygen atoms in total. The summed E-state index contributed by atoms with van der Waals surface area (Å²) >= 11 is 0. The number of allylic oxidation sites excluding steroid dienone is 8. The Balaban J connectivity index is 0.000000109. The second kappa shape index (κ2) is 27.7. The molecule has 9 aromatic carbocycles. The predicted octanol–water partition coefficient (Wildman–Crippen LogP) is 23.8. The highest BCUT2D eigenvalue weighted by atomic mass is 15.0. The highest BCUT2D eigenvalue weighted by molar-refractivity contribution is 5.98. The van der Waals surface area contributed by atoms with E-state index in [1.54, 1.807) is 18.0 Å². The fraction of sp³-hybridized carbons (Fsp3) is 0.137. The van der Waals surface area contributed by atoms with Crippen molar-refractivity contribution in [3.8, 4) is 22.3 Å². The summed E-state index contributed by atoms with van der Waals surface area (Å²) in [4.78, 5) is 17.5. The smallest absolute Gasteiger partial charge is 0.130 e. The molecule has 0 bridgehead atoms. The molecule has 19 rings (SSSR count). The summed E-state index contributed by atoms with van der Waals surface area (Å²) in [6.07, 6.45) is 20.9. The average Bonchev–Trinajstić information content (AvgIpc) is 1.52. The van der Waals surface area contributed by atoms with Crippen molar-refractivity contribution in [1.29, 1.82) is 0 Å². The van der Waals surface area contributed by atoms with Crippen LogP contribution in [0.1, 0.15) is 121 Å². The van der Waals surface area contributed by atoms with Crippen LogP contribution in [0, 0.1) is 0 Å². The third-order valence-electron chi connectivity index (χ3n) is 21.1. The Bertz CT molecular complexity index is 5150. The summed E-state index contributed by atoms with van der Waals surface area (Å²) in [5.41, 5.74) is 30.2. The van der Waals surface area contributed by atoms with Gasteiger partial charge in [-0.15, -0.1) is 0 Å². The first-order valence-electron chi connectivity index (χ1n) is 35.9. The molecule has 4 heterocycles. The lowest BCUT2D eigenvalue weighted by Gasteiger charge is -2.36. The molecule has 0 fully saturated rings. The quantitative estimate of drug-likeness (QED) is 0.107. The standard InChI is InChI=1S/C30H22N2.C30H24N2.C20H18N2.C15H18N2/c1-4-12-25-21(9-1)22-10-2-5-13-26(22)30(25)27-14-6-3-11-23(27)24-17-16-20(19-28(24)30)32-29-15-7-8-18-31-29;1-3-11-22(12-4-1)30(23-13-5-2-6-14-23)27-16-8-7-15-25(27)26-19-18-24(21-28(26)30)32-29-17-9-10-20-31-29;1-20(2)17-8-4-3-7-15(17)16-11-10-14(13-18(16)20)22-19-9-5-6-12-21-19;1-15(2,3)12-7-9-13(10-8-12)17-14-6-4-5-11-16-14/h1-5,7-13,15-19H,6,14H2,(H,31,32);1-7,9-15,17-21H,8,16H2,(H,31,32);3-13H,1-2H3,(H,21,22);4-11H,1-3H3,(H,16,17). The Morgan fingerprint density at radius 2 is 0.641 bits per heavy atom. The SMILES string of the molecule is C1=CC2=C(CC1)C(c1ccccc1)(c1ccccc1)c1cc(Nc3ccccn3)ccc12.C1=CC2=C(CC1)C1(c3cc(Nc4ccccn4)ccc32)c2ccccc2-c2ccccc21.CC(C)(C)c1ccc(Nc2ccccn2)cc1.CC1(C)c2ccccc2-c2ccc(Nc3ccccn3)cc21. The van der Waals surface area contributed by atoms with Crippen molar-refractivity contribution in [1.82, 2.24) is 19.9 Å². The van der Waals surface area contributed by atoms with Gasteiger partial charge in [-0.05, 0) is 234 Å². The Morgan fingerprint density at radius 3 is 1.07 bits per heavy atom. The summed E-state index contributed by atoms with van der Waals surface area (Å²) < 4.78 is 0. The summed E-state index contributed by atoms with van der Waals surface area (Å²) in [6, 6.07) is 101. The van der Waals surface area contributed by atoms with Crippen LogP contribution < -0.4 is 21.3 Å². The number of aromatic nitrogens is 4. The summed E-state index contributed by atoms with van der Waals surface area (Å²) in [5.74, 6) is 3.46. The van der Waals surface area contributed by atoms with Gasteiger partial charge in [-0.25, -0.2) is 19.9 Å². The van der Waals surface area contributed by atoms with Gasteiger partial charge in [-0.2, -0.15) is 0 Å². The molecule has 0 saturated carbocycles. The Hall–Kier alpha value is -12.3. The molecule has 0 saturated heterocycles. The van der Waals surface area contributed by atoms with Gasteiger partial charge in [0.1, 0.15) is 23.3 Å². The van der Waals surface area contributed by atoms with E-state index < -0.39 is 0 Å². The monoisotopic (exact) mass is 1330 g/mol. The van der Waals surface area contributed by atoms with Gasteiger partial charge < -0.3 is 21.3 Å². The van der Waals surface area contributed by atoms with Crippen LogP contribution in [-0.4, -0.2) is 19.9 Å². The van der Waals surface area contributed by atoms with Crippen LogP contribution in [-0.2, 0) is 21.7 Å². The fourth-order valence-electron chi connectivity index (χ4n) is 16.5. The molecule has 1 spiro atoms. The summed E-state index contributed by atoms with van der Waals surface area (Å²) in [5, 5.41) is 13.7. The van der Waals surface area contributed by atoms with E-state index in [0.29, 0.717) is 0 Å². The van der Waals surface area contributed by atoms with E-state index in [0.717, 1.165) is 71.7 Å². The Kier molecular flexibility index (Phi) is 17.6. The summed E-state index contributed by atoms with van der Waals surface area (Å²) in [7, 11) is 0. The van der Waals surface area contributed by atoms with E-state index in [4.69, 9.17) is 0 Å². The van der Waals surface area contributed by atoms with E-state index in [1.165, 1.54) is 100 Å². The van der Waals surface area contributed by atoms with E-state index in [1.807, 2.05) is 85.2 Å². The third-order valence-corrected chi connectivity index (χ3v) is 21.1. The van der Waals surface area contributed by atoms with Gasteiger partial charge in [0.15, 0.2) is 0 Å². The minimum atomic E-state index is -0.292. The topological polar surface area (TPSA) is 99.7 Å². The van der Waals surface area contributed by atoms with Crippen molar-refractivity contribution in [2.45, 2.75) is 82.0 Å². The number of hydrogen-bond acceptors (Lipinski definition) is 8. The van der Waals surface area contributed by atoms with Crippen molar-refractivity contribution in [3.63, 3.8) is 0 Å². The second-order valence-electron chi connectivity index (χ2n) is 28.6. The molecular weight excluding hydrogens is 1250 g/mol. The molecule has 0 aliphatic heterocycles. The molecule has 502 valence electrons. The number of benzene rings is 9. The van der Waals surface area contributed by atoms with Gasteiger partial charge >= 0.3 is 0 Å². The van der Waals surface area contributed by atoms with E-state index in [-0.39, 0.29) is 21.7 Å². The van der Waals surface area contributed by atoms with Crippen LogP contribution in [0.5, 0.6) is 0 Å². The largest absolute Gasteiger partial charge is 0.340 e.